The molecule has 4 rings (SSSR count). The van der Waals surface area contributed by atoms with Crippen molar-refractivity contribution in [3.05, 3.63) is 119 Å². The van der Waals surface area contributed by atoms with Crippen molar-refractivity contribution in [1.82, 2.24) is 5.32 Å². The number of carbonyl (C=O) groups is 2. The quantitative estimate of drug-likeness (QED) is 0.0874. The Kier molecular flexibility index (Phi) is 10.8. The molecule has 4 aromatic rings. The Hall–Kier alpha value is -5.75. The number of nitrogens with one attached hydrogen (secondary N) is 1. The monoisotopic (exact) mass is 578 g/mol. The Morgan fingerprint density at radius 2 is 1.67 bits per heavy atom. The lowest BCUT2D eigenvalue weighted by Gasteiger charge is -2.12. The highest BCUT2D eigenvalue weighted by Gasteiger charge is 2.13. The molecule has 0 saturated carbocycles. The predicted octanol–water partition coefficient (Wildman–Crippen LogP) is 6.11. The molecular formula is C34H30N2O7. The minimum Gasteiger partial charge on any atom is -0.493 e. The third-order valence-electron chi connectivity index (χ3n) is 5.99. The first-order valence-corrected chi connectivity index (χ1v) is 13.4. The number of ether oxygens (including phenoxy) is 4. The molecule has 43 heavy (non-hydrogen) atoms. The maximum absolute atomic E-state index is 12.7. The van der Waals surface area contributed by atoms with Crippen LogP contribution in [0.5, 0.6) is 23.0 Å². The summed E-state index contributed by atoms with van der Waals surface area (Å²) in [6.45, 7) is 2.64. The van der Waals surface area contributed by atoms with Crippen molar-refractivity contribution < 1.29 is 33.0 Å². The molecule has 0 atom stereocenters. The van der Waals surface area contributed by atoms with Gasteiger partial charge in [0.2, 0.25) is 0 Å². The summed E-state index contributed by atoms with van der Waals surface area (Å²) in [4.78, 5) is 25.1. The van der Waals surface area contributed by atoms with Gasteiger partial charge in [-0.05, 0) is 72.2 Å². The fourth-order valence-electron chi connectivity index (χ4n) is 3.91. The highest BCUT2D eigenvalue weighted by atomic mass is 16.6. The standard InChI is InChI=1S/C34H30N2O7/c1-3-40-32-20-26(18-27(21-35)34(38)36-22-28-10-7-17-41-28)12-15-30(32)43-33(37)16-13-24-11-14-29(31(19-24)39-2)42-23-25-8-5-4-6-9-25/h4-20H,3,22-23H2,1-2H3,(H,36,38)/b16-13+,27-18+. The van der Waals surface area contributed by atoms with E-state index in [0.717, 1.165) is 5.56 Å². The zero-order valence-corrected chi connectivity index (χ0v) is 23.7. The Bertz CT molecular complexity index is 1640. The normalized spacial score (nSPS) is 11.0. The van der Waals surface area contributed by atoms with Crippen LogP contribution >= 0.6 is 0 Å². The van der Waals surface area contributed by atoms with Crippen molar-refractivity contribution in [3.8, 4) is 29.1 Å². The number of rotatable bonds is 13. The number of hydrogen-bond acceptors (Lipinski definition) is 8. The summed E-state index contributed by atoms with van der Waals surface area (Å²) < 4.78 is 27.7. The third-order valence-corrected chi connectivity index (χ3v) is 5.99. The van der Waals surface area contributed by atoms with E-state index in [1.807, 2.05) is 36.4 Å². The molecule has 0 fully saturated rings. The summed E-state index contributed by atoms with van der Waals surface area (Å²) in [6, 6.07) is 25.2. The van der Waals surface area contributed by atoms with Gasteiger partial charge in [-0.1, -0.05) is 42.5 Å². The summed E-state index contributed by atoms with van der Waals surface area (Å²) >= 11 is 0. The fourth-order valence-corrected chi connectivity index (χ4v) is 3.91. The number of methoxy groups -OCH3 is 1. The molecule has 0 spiro atoms. The zero-order chi connectivity index (χ0) is 30.4. The second-order valence-corrected chi connectivity index (χ2v) is 9.01. The van der Waals surface area contributed by atoms with Crippen LogP contribution in [-0.4, -0.2) is 25.6 Å². The highest BCUT2D eigenvalue weighted by molar-refractivity contribution is 6.01. The van der Waals surface area contributed by atoms with E-state index in [9.17, 15) is 14.9 Å². The number of esters is 1. The summed E-state index contributed by atoms with van der Waals surface area (Å²) in [5.74, 6) is 0.974. The molecule has 1 heterocycles. The summed E-state index contributed by atoms with van der Waals surface area (Å²) in [6.07, 6.45) is 5.82. The van der Waals surface area contributed by atoms with Gasteiger partial charge >= 0.3 is 5.97 Å². The SMILES string of the molecule is CCOc1cc(/C=C(\C#N)C(=O)NCc2ccco2)ccc1OC(=O)/C=C/c1ccc(OCc2ccccc2)c(OC)c1. The number of amides is 1. The topological polar surface area (TPSA) is 120 Å². The summed E-state index contributed by atoms with van der Waals surface area (Å²) in [5.41, 5.74) is 2.16. The molecule has 1 N–H and O–H groups in total. The van der Waals surface area contributed by atoms with Crippen LogP contribution in [0.3, 0.4) is 0 Å². The molecule has 0 radical (unpaired) electrons. The Morgan fingerprint density at radius 1 is 0.907 bits per heavy atom. The van der Waals surface area contributed by atoms with E-state index in [4.69, 9.17) is 23.4 Å². The van der Waals surface area contributed by atoms with Gasteiger partial charge in [-0.15, -0.1) is 0 Å². The first-order chi connectivity index (χ1) is 21.0. The molecule has 3 aromatic carbocycles. The lowest BCUT2D eigenvalue weighted by atomic mass is 10.1. The molecule has 0 aliphatic carbocycles. The van der Waals surface area contributed by atoms with Crippen molar-refractivity contribution in [1.29, 1.82) is 5.26 Å². The van der Waals surface area contributed by atoms with Crippen LogP contribution < -0.4 is 24.3 Å². The van der Waals surface area contributed by atoms with E-state index in [-0.39, 0.29) is 23.6 Å². The molecule has 0 unspecified atom stereocenters. The average Bonchev–Trinajstić information content (AvgIpc) is 3.56. The second-order valence-electron chi connectivity index (χ2n) is 9.01. The number of nitriles is 1. The zero-order valence-electron chi connectivity index (χ0n) is 23.7. The van der Waals surface area contributed by atoms with Gasteiger partial charge in [-0.2, -0.15) is 5.26 Å². The first kappa shape index (κ1) is 30.2. The molecule has 218 valence electrons. The minimum atomic E-state index is -0.623. The molecule has 9 nitrogen and oxygen atoms in total. The molecule has 0 bridgehead atoms. The number of hydrogen-bond donors (Lipinski definition) is 1. The van der Waals surface area contributed by atoms with Crippen molar-refractivity contribution in [3.63, 3.8) is 0 Å². The number of nitrogens with zero attached hydrogens (tertiary/aromatic N) is 1. The predicted molar refractivity (Wildman–Crippen MR) is 160 cm³/mol. The highest BCUT2D eigenvalue weighted by Crippen LogP contribution is 2.31. The minimum absolute atomic E-state index is 0.103. The molecule has 0 saturated heterocycles. The van der Waals surface area contributed by atoms with Crippen molar-refractivity contribution in [2.24, 2.45) is 0 Å². The molecular weight excluding hydrogens is 548 g/mol. The lowest BCUT2D eigenvalue weighted by Crippen LogP contribution is -2.23. The molecule has 0 aliphatic rings. The van der Waals surface area contributed by atoms with Crippen LogP contribution in [0, 0.1) is 11.3 Å². The third kappa shape index (κ3) is 8.87. The van der Waals surface area contributed by atoms with Gasteiger partial charge < -0.3 is 28.7 Å². The van der Waals surface area contributed by atoms with E-state index in [1.54, 1.807) is 68.6 Å². The fraction of sp³-hybridized carbons (Fsp3) is 0.147. The number of furan rings is 1. The van der Waals surface area contributed by atoms with Gasteiger partial charge in [0.15, 0.2) is 23.0 Å². The Balaban J connectivity index is 1.41. The maximum Gasteiger partial charge on any atom is 0.336 e. The largest absolute Gasteiger partial charge is 0.493 e. The van der Waals surface area contributed by atoms with Crippen LogP contribution in [0.1, 0.15) is 29.4 Å². The van der Waals surface area contributed by atoms with Gasteiger partial charge in [0.05, 0.1) is 26.5 Å². The molecule has 9 heteroatoms. The number of benzene rings is 3. The number of carbonyl (C=O) groups excluding carboxylic acids is 2. The van der Waals surface area contributed by atoms with E-state index < -0.39 is 11.9 Å². The van der Waals surface area contributed by atoms with Crippen molar-refractivity contribution in [2.75, 3.05) is 13.7 Å². The van der Waals surface area contributed by atoms with Crippen molar-refractivity contribution >= 4 is 24.0 Å². The van der Waals surface area contributed by atoms with Crippen LogP contribution in [0.25, 0.3) is 12.2 Å². The van der Waals surface area contributed by atoms with E-state index >= 15 is 0 Å². The Labute approximate surface area is 249 Å². The smallest absolute Gasteiger partial charge is 0.336 e. The maximum atomic E-state index is 12.7. The summed E-state index contributed by atoms with van der Waals surface area (Å²) in [5, 5.41) is 12.1. The van der Waals surface area contributed by atoms with Crippen molar-refractivity contribution in [2.45, 2.75) is 20.1 Å². The second kappa shape index (κ2) is 15.3. The molecule has 0 aliphatic heterocycles. The van der Waals surface area contributed by atoms with Gasteiger partial charge in [0, 0.05) is 6.08 Å². The van der Waals surface area contributed by atoms with E-state index in [1.165, 1.54) is 18.4 Å². The average molecular weight is 579 g/mol. The summed E-state index contributed by atoms with van der Waals surface area (Å²) in [7, 11) is 1.55. The lowest BCUT2D eigenvalue weighted by molar-refractivity contribution is -0.129. The van der Waals surface area contributed by atoms with Gasteiger partial charge in [-0.3, -0.25) is 4.79 Å². The van der Waals surface area contributed by atoms with Crippen LogP contribution in [0.15, 0.2) is 101 Å². The van der Waals surface area contributed by atoms with Crippen LogP contribution in [-0.2, 0) is 22.7 Å². The van der Waals surface area contributed by atoms with E-state index in [0.29, 0.717) is 41.6 Å². The first-order valence-electron chi connectivity index (χ1n) is 13.4. The van der Waals surface area contributed by atoms with Gasteiger partial charge in [0.25, 0.3) is 5.91 Å². The molecule has 1 amide bonds. The molecule has 1 aromatic heterocycles. The van der Waals surface area contributed by atoms with Gasteiger partial charge in [0.1, 0.15) is 24.0 Å². The van der Waals surface area contributed by atoms with Crippen LogP contribution in [0.4, 0.5) is 0 Å². The van der Waals surface area contributed by atoms with E-state index in [2.05, 4.69) is 5.32 Å². The Morgan fingerprint density at radius 3 is 2.40 bits per heavy atom. The van der Waals surface area contributed by atoms with Crippen LogP contribution in [0.2, 0.25) is 0 Å². The van der Waals surface area contributed by atoms with Gasteiger partial charge in [-0.25, -0.2) is 4.79 Å².